The van der Waals surface area contributed by atoms with Gasteiger partial charge in [-0.1, -0.05) is 37.3 Å². The van der Waals surface area contributed by atoms with Crippen molar-refractivity contribution in [2.75, 3.05) is 5.32 Å². The van der Waals surface area contributed by atoms with Crippen LogP contribution in [0.1, 0.15) is 24.6 Å². The van der Waals surface area contributed by atoms with Crippen LogP contribution in [0.4, 0.5) is 5.82 Å². The number of aliphatic hydroxyl groups excluding tert-OH is 1. The topological polar surface area (TPSA) is 104 Å². The summed E-state index contributed by atoms with van der Waals surface area (Å²) >= 11 is 0. The largest absolute Gasteiger partial charge is 0.391 e. The minimum absolute atomic E-state index is 0.178. The number of anilines is 1. The summed E-state index contributed by atoms with van der Waals surface area (Å²) < 4.78 is 0. The Morgan fingerprint density at radius 2 is 2.09 bits per heavy atom. The van der Waals surface area contributed by atoms with Crippen molar-refractivity contribution in [3.8, 4) is 0 Å². The van der Waals surface area contributed by atoms with Crippen LogP contribution in [0.2, 0.25) is 0 Å². The lowest BCUT2D eigenvalue weighted by molar-refractivity contribution is -0.120. The number of aryl methyl sites for hydroxylation is 1. The number of aromatic nitrogens is 2. The van der Waals surface area contributed by atoms with Crippen LogP contribution < -0.4 is 11.1 Å². The number of carbonyl (C=O) groups is 1. The predicted octanol–water partition coefficient (Wildman–Crippen LogP) is 1.61. The highest BCUT2D eigenvalue weighted by molar-refractivity contribution is 5.91. The first kappa shape index (κ1) is 17.2. The van der Waals surface area contributed by atoms with Gasteiger partial charge < -0.3 is 16.2 Å². The molecule has 0 unspecified atom stereocenters. The zero-order valence-electron chi connectivity index (χ0n) is 13.5. The molecular weight excluding hydrogens is 292 g/mol. The molecule has 5 N–H and O–H groups in total. The van der Waals surface area contributed by atoms with E-state index in [4.69, 9.17) is 5.73 Å². The standard InChI is InChI=1S/C17H24N4O2/c1-11(17(23)19-16-9-12(2)20-21-16)8-15(22)14(18)10-13-6-4-3-5-7-13/h3-7,9,11,14-15,22H,8,10,18H2,1-2H3,(H2,19,20,21,23)/t11-,14+,15+/m1/s1. The van der Waals surface area contributed by atoms with E-state index in [9.17, 15) is 9.90 Å². The third kappa shape index (κ3) is 5.19. The Bertz CT molecular complexity index is 627. The highest BCUT2D eigenvalue weighted by Gasteiger charge is 2.22. The van der Waals surface area contributed by atoms with Crippen LogP contribution in [0, 0.1) is 12.8 Å². The van der Waals surface area contributed by atoms with E-state index in [2.05, 4.69) is 15.5 Å². The highest BCUT2D eigenvalue weighted by atomic mass is 16.3. The first-order chi connectivity index (χ1) is 11.0. The lowest BCUT2D eigenvalue weighted by Crippen LogP contribution is -2.39. The van der Waals surface area contributed by atoms with Crippen LogP contribution in [-0.2, 0) is 11.2 Å². The average Bonchev–Trinajstić information content (AvgIpc) is 2.93. The van der Waals surface area contributed by atoms with Gasteiger partial charge in [0.25, 0.3) is 0 Å². The number of benzene rings is 1. The first-order valence-corrected chi connectivity index (χ1v) is 7.76. The fourth-order valence-electron chi connectivity index (χ4n) is 2.40. The summed E-state index contributed by atoms with van der Waals surface area (Å²) in [6.45, 7) is 3.63. The van der Waals surface area contributed by atoms with Gasteiger partial charge in [0.2, 0.25) is 5.91 Å². The van der Waals surface area contributed by atoms with E-state index in [0.717, 1.165) is 11.3 Å². The second-order valence-electron chi connectivity index (χ2n) is 5.98. The molecule has 124 valence electrons. The molecule has 0 aliphatic heterocycles. The summed E-state index contributed by atoms with van der Waals surface area (Å²) in [5.41, 5.74) is 8.00. The monoisotopic (exact) mass is 316 g/mol. The van der Waals surface area contributed by atoms with Gasteiger partial charge in [-0.15, -0.1) is 0 Å². The van der Waals surface area contributed by atoms with Crippen molar-refractivity contribution >= 4 is 11.7 Å². The number of hydrogen-bond acceptors (Lipinski definition) is 4. The number of amides is 1. The summed E-state index contributed by atoms with van der Waals surface area (Å²) in [5, 5.41) is 19.7. The van der Waals surface area contributed by atoms with E-state index in [-0.39, 0.29) is 11.8 Å². The molecule has 1 aromatic heterocycles. The minimum atomic E-state index is -0.739. The molecule has 0 aliphatic carbocycles. The van der Waals surface area contributed by atoms with Crippen molar-refractivity contribution < 1.29 is 9.90 Å². The van der Waals surface area contributed by atoms with Gasteiger partial charge in [0.05, 0.1) is 6.10 Å². The van der Waals surface area contributed by atoms with Crippen molar-refractivity contribution in [1.29, 1.82) is 0 Å². The Hall–Kier alpha value is -2.18. The van der Waals surface area contributed by atoms with Crippen LogP contribution in [0.25, 0.3) is 0 Å². The lowest BCUT2D eigenvalue weighted by Gasteiger charge is -2.21. The van der Waals surface area contributed by atoms with Crippen molar-refractivity contribution in [1.82, 2.24) is 10.2 Å². The number of aliphatic hydroxyl groups is 1. The van der Waals surface area contributed by atoms with Gasteiger partial charge in [0.15, 0.2) is 5.82 Å². The van der Waals surface area contributed by atoms with E-state index < -0.39 is 12.1 Å². The molecule has 2 aromatic rings. The Kier molecular flexibility index (Phi) is 5.90. The number of rotatable bonds is 7. The molecule has 6 nitrogen and oxygen atoms in total. The van der Waals surface area contributed by atoms with E-state index >= 15 is 0 Å². The van der Waals surface area contributed by atoms with E-state index in [1.807, 2.05) is 37.3 Å². The second-order valence-corrected chi connectivity index (χ2v) is 5.98. The van der Waals surface area contributed by atoms with Gasteiger partial charge in [-0.3, -0.25) is 9.89 Å². The molecule has 23 heavy (non-hydrogen) atoms. The van der Waals surface area contributed by atoms with Gasteiger partial charge in [0, 0.05) is 23.7 Å². The van der Waals surface area contributed by atoms with Crippen LogP contribution in [0.3, 0.4) is 0 Å². The van der Waals surface area contributed by atoms with Gasteiger partial charge in [-0.2, -0.15) is 5.10 Å². The number of hydrogen-bond donors (Lipinski definition) is 4. The number of carbonyl (C=O) groups excluding carboxylic acids is 1. The molecule has 0 aliphatic rings. The van der Waals surface area contributed by atoms with E-state index in [0.29, 0.717) is 18.7 Å². The van der Waals surface area contributed by atoms with Gasteiger partial charge in [0.1, 0.15) is 0 Å². The number of nitrogens with two attached hydrogens (primary N) is 1. The van der Waals surface area contributed by atoms with Crippen LogP contribution >= 0.6 is 0 Å². The Labute approximate surface area is 136 Å². The molecule has 0 saturated carbocycles. The molecular formula is C17H24N4O2. The molecule has 1 aromatic carbocycles. The Balaban J connectivity index is 1.83. The van der Waals surface area contributed by atoms with Crippen LogP contribution in [0.15, 0.2) is 36.4 Å². The van der Waals surface area contributed by atoms with Crippen molar-refractivity contribution in [2.45, 2.75) is 38.8 Å². The lowest BCUT2D eigenvalue weighted by atomic mass is 9.94. The molecule has 1 heterocycles. The molecule has 2 rings (SSSR count). The molecule has 0 saturated heterocycles. The summed E-state index contributed by atoms with van der Waals surface area (Å²) in [6, 6.07) is 11.1. The number of nitrogens with zero attached hydrogens (tertiary/aromatic N) is 1. The van der Waals surface area contributed by atoms with Crippen molar-refractivity contribution in [3.63, 3.8) is 0 Å². The first-order valence-electron chi connectivity index (χ1n) is 7.76. The maximum absolute atomic E-state index is 12.1. The molecule has 3 atom stereocenters. The zero-order chi connectivity index (χ0) is 16.8. The third-order valence-electron chi connectivity index (χ3n) is 3.81. The van der Waals surface area contributed by atoms with E-state index in [1.54, 1.807) is 13.0 Å². The molecule has 1 amide bonds. The fourth-order valence-corrected chi connectivity index (χ4v) is 2.40. The van der Waals surface area contributed by atoms with Gasteiger partial charge in [-0.25, -0.2) is 0 Å². The smallest absolute Gasteiger partial charge is 0.228 e. The maximum Gasteiger partial charge on any atom is 0.228 e. The number of aromatic amines is 1. The summed E-state index contributed by atoms with van der Waals surface area (Å²) in [4.78, 5) is 12.1. The summed E-state index contributed by atoms with van der Waals surface area (Å²) in [5.74, 6) is -0.0475. The van der Waals surface area contributed by atoms with Gasteiger partial charge in [-0.05, 0) is 25.3 Å². The van der Waals surface area contributed by atoms with Crippen LogP contribution in [0.5, 0.6) is 0 Å². The quantitative estimate of drug-likeness (QED) is 0.623. The normalized spacial score (nSPS) is 15.0. The zero-order valence-corrected chi connectivity index (χ0v) is 13.5. The average molecular weight is 316 g/mol. The molecule has 0 radical (unpaired) electrons. The van der Waals surface area contributed by atoms with E-state index in [1.165, 1.54) is 0 Å². The molecule has 0 bridgehead atoms. The maximum atomic E-state index is 12.1. The Morgan fingerprint density at radius 1 is 1.39 bits per heavy atom. The molecule has 0 fully saturated rings. The van der Waals surface area contributed by atoms with Gasteiger partial charge >= 0.3 is 0 Å². The fraction of sp³-hybridized carbons (Fsp3) is 0.412. The molecule has 0 spiro atoms. The number of H-pyrrole nitrogens is 1. The summed E-state index contributed by atoms with van der Waals surface area (Å²) in [7, 11) is 0. The number of nitrogens with one attached hydrogen (secondary N) is 2. The highest BCUT2D eigenvalue weighted by Crippen LogP contribution is 2.14. The van der Waals surface area contributed by atoms with Crippen molar-refractivity contribution in [2.24, 2.45) is 11.7 Å². The van der Waals surface area contributed by atoms with Crippen molar-refractivity contribution in [3.05, 3.63) is 47.7 Å². The predicted molar refractivity (Wildman–Crippen MR) is 89.9 cm³/mol. The third-order valence-corrected chi connectivity index (χ3v) is 3.81. The SMILES string of the molecule is Cc1cc(NC(=O)[C@H](C)C[C@H](O)[C@@H](N)Cc2ccccc2)n[nH]1. The van der Waals surface area contributed by atoms with Crippen LogP contribution in [-0.4, -0.2) is 33.4 Å². The summed E-state index contributed by atoms with van der Waals surface area (Å²) in [6.07, 6.45) is 0.148. The Morgan fingerprint density at radius 3 is 2.70 bits per heavy atom. The molecule has 6 heteroatoms. The minimum Gasteiger partial charge on any atom is -0.391 e. The second kappa shape index (κ2) is 7.89.